The number of nitrogens with zero attached hydrogens (tertiary/aromatic N) is 2. The van der Waals surface area contributed by atoms with Gasteiger partial charge in [0.1, 0.15) is 39.6 Å². The molecule has 55 heavy (non-hydrogen) atoms. The Hall–Kier alpha value is -5.45. The average molecular weight is 839 g/mol. The summed E-state index contributed by atoms with van der Waals surface area (Å²) < 4.78 is 21.3. The molecular formula is C38H52BrN3O13. The Morgan fingerprint density at radius 3 is 1.40 bits per heavy atom. The quantitative estimate of drug-likeness (QED) is 0.0599. The number of anilines is 1. The molecule has 304 valence electrons. The van der Waals surface area contributed by atoms with Crippen LogP contribution in [0.1, 0.15) is 114 Å². The maximum Gasteiger partial charge on any atom is 0.345 e. The summed E-state index contributed by atoms with van der Waals surface area (Å²) in [6.07, 6.45) is -0.0428. The van der Waals surface area contributed by atoms with Gasteiger partial charge in [-0.1, -0.05) is 29.8 Å². The van der Waals surface area contributed by atoms with Crippen LogP contribution in [-0.4, -0.2) is 66.2 Å². The van der Waals surface area contributed by atoms with Gasteiger partial charge in [-0.15, -0.1) is 0 Å². The second-order valence-electron chi connectivity index (χ2n) is 14.3. The largest absolute Gasteiger partial charge is 0.508 e. The van der Waals surface area contributed by atoms with Crippen LogP contribution in [0.4, 0.5) is 17.1 Å². The first kappa shape index (κ1) is 49.6. The summed E-state index contributed by atoms with van der Waals surface area (Å²) in [6, 6.07) is 11.9. The average Bonchev–Trinajstić information content (AvgIpc) is 2.99. The van der Waals surface area contributed by atoms with Crippen molar-refractivity contribution in [1.29, 1.82) is 0 Å². The smallest absolute Gasteiger partial charge is 0.345 e. The number of esters is 2. The number of ether oxygens (including phenoxy) is 4. The third-order valence-corrected chi connectivity index (χ3v) is 5.58. The monoisotopic (exact) mass is 837 g/mol. The molecule has 3 aromatic rings. The van der Waals surface area contributed by atoms with Crippen molar-refractivity contribution in [3.63, 3.8) is 0 Å². The minimum atomic E-state index is -1.40. The van der Waals surface area contributed by atoms with Gasteiger partial charge in [-0.3, -0.25) is 20.2 Å². The van der Waals surface area contributed by atoms with Gasteiger partial charge in [0.05, 0.1) is 39.8 Å². The number of carboxylic acids is 1. The van der Waals surface area contributed by atoms with E-state index in [-0.39, 0.29) is 29.2 Å². The van der Waals surface area contributed by atoms with Crippen LogP contribution in [0, 0.1) is 20.2 Å². The molecule has 0 heterocycles. The number of nitrogen functional groups attached to an aromatic ring is 1. The normalized spacial score (nSPS) is 10.8. The van der Waals surface area contributed by atoms with Crippen molar-refractivity contribution >= 4 is 50.9 Å². The Labute approximate surface area is 329 Å². The Kier molecular flexibility index (Phi) is 19.9. The molecule has 0 atom stereocenters. The second-order valence-corrected chi connectivity index (χ2v) is 16.1. The van der Waals surface area contributed by atoms with Crippen LogP contribution in [-0.2, 0) is 9.47 Å². The van der Waals surface area contributed by atoms with Gasteiger partial charge in [0, 0.05) is 16.6 Å². The van der Waals surface area contributed by atoms with Crippen molar-refractivity contribution in [2.24, 2.45) is 0 Å². The predicted octanol–water partition coefficient (Wildman–Crippen LogP) is 9.14. The molecular weight excluding hydrogens is 786 g/mol. The molecule has 0 saturated heterocycles. The molecule has 0 amide bonds. The summed E-state index contributed by atoms with van der Waals surface area (Å²) in [5.41, 5.74) is 3.86. The van der Waals surface area contributed by atoms with Gasteiger partial charge in [-0.05, 0) is 106 Å². The van der Waals surface area contributed by atoms with E-state index in [1.165, 1.54) is 18.2 Å². The standard InChI is InChI=1S/C14H19NO5.C14H21NO3.C7H5NO5.C3H7Br/c1-9(2)19-10-6-7-11(12(8-10)15(17)18)13(16)20-14(3,4)5;1-9(2)17-10-6-7-11(12(15)8-10)13(16)18-14(3,4)5;9-4-1-2-5(7(10)11)6(3-4)8(12)13;1-3(2)4/h6-9H,1-5H3;6-9H,15H2,1-5H3;1-3,9H,(H,10,11);3H,1-2H3. The highest BCUT2D eigenvalue weighted by atomic mass is 79.9. The van der Waals surface area contributed by atoms with E-state index < -0.39 is 50.2 Å². The van der Waals surface area contributed by atoms with Gasteiger partial charge >= 0.3 is 17.9 Å². The molecule has 0 aliphatic rings. The van der Waals surface area contributed by atoms with E-state index in [4.69, 9.17) is 34.9 Å². The summed E-state index contributed by atoms with van der Waals surface area (Å²) in [5.74, 6) is -1.88. The molecule has 17 heteroatoms. The first-order valence-corrected chi connectivity index (χ1v) is 17.8. The number of aromatic carboxylic acids is 1. The zero-order valence-corrected chi connectivity index (χ0v) is 34.7. The van der Waals surface area contributed by atoms with E-state index in [0.717, 1.165) is 18.2 Å². The molecule has 0 saturated carbocycles. The van der Waals surface area contributed by atoms with E-state index in [9.17, 15) is 34.6 Å². The topological polar surface area (TPSA) is 241 Å². The number of carboxylic acid groups (broad SMARTS) is 1. The van der Waals surface area contributed by atoms with E-state index in [2.05, 4.69) is 29.8 Å². The third kappa shape index (κ3) is 20.5. The molecule has 3 rings (SSSR count). The fourth-order valence-corrected chi connectivity index (χ4v) is 3.77. The molecule has 3 aromatic carbocycles. The van der Waals surface area contributed by atoms with Crippen LogP contribution in [0.5, 0.6) is 17.2 Å². The molecule has 0 aliphatic heterocycles. The highest BCUT2D eigenvalue weighted by Gasteiger charge is 2.26. The van der Waals surface area contributed by atoms with Crippen LogP contribution in [0.15, 0.2) is 54.6 Å². The maximum atomic E-state index is 12.0. The fourth-order valence-electron chi connectivity index (χ4n) is 3.77. The Balaban J connectivity index is 0.000000770. The SMILES string of the molecule is CC(C)Br.CC(C)Oc1ccc(C(=O)OC(C)(C)C)c(N)c1.CC(C)Oc1ccc(C(=O)OC(C)(C)C)c([N+](=O)[O-])c1.O=C(O)c1ccc(O)cc1[N+](=O)[O-]. The number of aromatic hydroxyl groups is 1. The van der Waals surface area contributed by atoms with Gasteiger partial charge in [0.2, 0.25) is 0 Å². The number of carbonyl (C=O) groups excluding carboxylic acids is 2. The van der Waals surface area contributed by atoms with Crippen LogP contribution in [0.25, 0.3) is 0 Å². The molecule has 16 nitrogen and oxygen atoms in total. The summed E-state index contributed by atoms with van der Waals surface area (Å²) in [4.78, 5) is 54.8. The minimum Gasteiger partial charge on any atom is -0.508 e. The zero-order valence-electron chi connectivity index (χ0n) is 33.2. The van der Waals surface area contributed by atoms with E-state index in [0.29, 0.717) is 27.6 Å². The Morgan fingerprint density at radius 1 is 0.673 bits per heavy atom. The summed E-state index contributed by atoms with van der Waals surface area (Å²) in [6.45, 7) is 22.2. The number of nitrogens with two attached hydrogens (primary N) is 1. The molecule has 0 radical (unpaired) electrons. The summed E-state index contributed by atoms with van der Waals surface area (Å²) in [7, 11) is 0. The van der Waals surface area contributed by atoms with Gasteiger partial charge in [0.25, 0.3) is 11.4 Å². The number of hydrogen-bond donors (Lipinski definition) is 3. The molecule has 0 aromatic heterocycles. The van der Waals surface area contributed by atoms with Crippen molar-refractivity contribution in [2.45, 2.75) is 111 Å². The van der Waals surface area contributed by atoms with Crippen LogP contribution >= 0.6 is 15.9 Å². The lowest BCUT2D eigenvalue weighted by Gasteiger charge is -2.20. The van der Waals surface area contributed by atoms with Crippen molar-refractivity contribution < 1.29 is 53.4 Å². The van der Waals surface area contributed by atoms with E-state index in [1.807, 2.05) is 48.5 Å². The van der Waals surface area contributed by atoms with Crippen LogP contribution in [0.2, 0.25) is 0 Å². The molecule has 0 unspecified atom stereocenters. The molecule has 4 N–H and O–H groups in total. The van der Waals surface area contributed by atoms with Crippen LogP contribution < -0.4 is 15.2 Å². The van der Waals surface area contributed by atoms with Gasteiger partial charge in [0.15, 0.2) is 0 Å². The number of nitro benzene ring substituents is 2. The number of phenolic OH excluding ortho intramolecular Hbond substituents is 1. The summed E-state index contributed by atoms with van der Waals surface area (Å²) in [5, 5.41) is 38.8. The number of rotatable bonds is 9. The number of benzene rings is 3. The van der Waals surface area contributed by atoms with E-state index in [1.54, 1.807) is 39.0 Å². The minimum absolute atomic E-state index is 0.0665. The first-order chi connectivity index (χ1) is 25.0. The van der Waals surface area contributed by atoms with Crippen molar-refractivity contribution in [3.05, 3.63) is 91.5 Å². The lowest BCUT2D eigenvalue weighted by molar-refractivity contribution is -0.385. The van der Waals surface area contributed by atoms with Gasteiger partial charge < -0.3 is 34.9 Å². The molecule has 0 bridgehead atoms. The van der Waals surface area contributed by atoms with Gasteiger partial charge in [-0.25, -0.2) is 14.4 Å². The van der Waals surface area contributed by atoms with Crippen molar-refractivity contribution in [1.82, 2.24) is 0 Å². The highest BCUT2D eigenvalue weighted by Crippen LogP contribution is 2.28. The van der Waals surface area contributed by atoms with Crippen molar-refractivity contribution in [3.8, 4) is 17.2 Å². The maximum absolute atomic E-state index is 12.0. The fraction of sp³-hybridized carbons (Fsp3) is 0.447. The van der Waals surface area contributed by atoms with Crippen LogP contribution in [0.3, 0.4) is 0 Å². The Bertz CT molecular complexity index is 1780. The number of halogens is 1. The summed E-state index contributed by atoms with van der Waals surface area (Å²) >= 11 is 3.27. The number of nitro groups is 2. The van der Waals surface area contributed by atoms with E-state index >= 15 is 0 Å². The first-order valence-electron chi connectivity index (χ1n) is 16.9. The second kappa shape index (κ2) is 22.1. The zero-order chi connectivity index (χ0) is 43.0. The molecule has 0 fully saturated rings. The number of carbonyl (C=O) groups is 3. The predicted molar refractivity (Wildman–Crippen MR) is 212 cm³/mol. The number of alkyl halides is 1. The molecule has 0 spiro atoms. The number of hydrogen-bond acceptors (Lipinski definition) is 13. The molecule has 0 aliphatic carbocycles. The third-order valence-electron chi connectivity index (χ3n) is 5.58. The lowest BCUT2D eigenvalue weighted by Crippen LogP contribution is -2.24. The van der Waals surface area contributed by atoms with Gasteiger partial charge in [-0.2, -0.15) is 0 Å². The number of phenols is 1. The lowest BCUT2D eigenvalue weighted by atomic mass is 10.1. The van der Waals surface area contributed by atoms with Crippen molar-refractivity contribution in [2.75, 3.05) is 5.73 Å². The Morgan fingerprint density at radius 2 is 1.04 bits per heavy atom. The highest BCUT2D eigenvalue weighted by molar-refractivity contribution is 9.09.